The first kappa shape index (κ1) is 9.54. The topological polar surface area (TPSA) is 47.0 Å². The van der Waals surface area contributed by atoms with Gasteiger partial charge in [-0.3, -0.25) is 0 Å². The van der Waals surface area contributed by atoms with Crippen molar-refractivity contribution >= 4 is 31.4 Å². The highest BCUT2D eigenvalue weighted by atomic mass is 32.2. The summed E-state index contributed by atoms with van der Waals surface area (Å²) in [4.78, 5) is 3.85. The first-order valence-corrected chi connectivity index (χ1v) is 6.24. The molecule has 0 fully saturated rings. The van der Waals surface area contributed by atoms with Crippen molar-refractivity contribution in [1.82, 2.24) is 4.98 Å². The third-order valence-corrected chi connectivity index (χ3v) is 4.44. The highest BCUT2D eigenvalue weighted by Gasteiger charge is 2.18. The Kier molecular flexibility index (Phi) is 2.24. The molecule has 0 N–H and O–H groups in total. The minimum absolute atomic E-state index is 0.152. The van der Waals surface area contributed by atoms with E-state index in [0.29, 0.717) is 5.52 Å². The molecule has 3 nitrogen and oxygen atoms in total. The minimum Gasteiger partial charge on any atom is -0.233 e. The van der Waals surface area contributed by atoms with Gasteiger partial charge in [-0.15, -0.1) is 11.3 Å². The van der Waals surface area contributed by atoms with Crippen LogP contribution in [0.15, 0.2) is 28.6 Å². The molecule has 74 valence electrons. The molecule has 2 rings (SSSR count). The number of halogens is 1. The summed E-state index contributed by atoms with van der Waals surface area (Å²) in [6, 6.07) is 5.60. The maximum absolute atomic E-state index is 12.2. The highest BCUT2D eigenvalue weighted by molar-refractivity contribution is 7.93. The maximum Gasteiger partial charge on any atom is 0.234 e. The number of para-hydroxylation sites is 1. The number of sulfone groups is 1. The standard InChI is InChI=1S/C8H6FNO2S2/c9-5-14(11,12)8-10-6-3-1-2-4-7(6)13-8/h1-4H,5H2. The second kappa shape index (κ2) is 3.29. The molecule has 0 spiro atoms. The fourth-order valence-electron chi connectivity index (χ4n) is 1.03. The Morgan fingerprint density at radius 2 is 2.07 bits per heavy atom. The molecule has 0 bridgehead atoms. The van der Waals surface area contributed by atoms with E-state index in [2.05, 4.69) is 4.98 Å². The van der Waals surface area contributed by atoms with Gasteiger partial charge in [-0.1, -0.05) is 12.1 Å². The highest BCUT2D eigenvalue weighted by Crippen LogP contribution is 2.25. The third-order valence-electron chi connectivity index (χ3n) is 1.68. The number of nitrogens with zero attached hydrogens (tertiary/aromatic N) is 1. The van der Waals surface area contributed by atoms with Gasteiger partial charge in [0.15, 0.2) is 6.01 Å². The predicted octanol–water partition coefficient (Wildman–Crippen LogP) is 2.00. The summed E-state index contributed by atoms with van der Waals surface area (Å²) in [5.41, 5.74) is 0.588. The molecule has 0 aliphatic heterocycles. The zero-order valence-corrected chi connectivity index (χ0v) is 8.61. The largest absolute Gasteiger partial charge is 0.234 e. The van der Waals surface area contributed by atoms with Gasteiger partial charge in [0.25, 0.3) is 0 Å². The summed E-state index contributed by atoms with van der Waals surface area (Å²) in [6.45, 7) is 0. The number of fused-ring (bicyclic) bond motifs is 1. The number of hydrogen-bond acceptors (Lipinski definition) is 4. The van der Waals surface area contributed by atoms with E-state index < -0.39 is 15.8 Å². The molecule has 6 heteroatoms. The smallest absolute Gasteiger partial charge is 0.233 e. The quantitative estimate of drug-likeness (QED) is 0.794. The van der Waals surface area contributed by atoms with Crippen LogP contribution in [-0.2, 0) is 9.84 Å². The second-order valence-electron chi connectivity index (χ2n) is 2.67. The number of alkyl halides is 1. The summed E-state index contributed by atoms with van der Waals surface area (Å²) >= 11 is 0.990. The third kappa shape index (κ3) is 1.51. The van der Waals surface area contributed by atoms with Gasteiger partial charge in [-0.2, -0.15) is 0 Å². The predicted molar refractivity (Wildman–Crippen MR) is 52.8 cm³/mol. The number of thiazole rings is 1. The van der Waals surface area contributed by atoms with Gasteiger partial charge in [-0.25, -0.2) is 17.8 Å². The number of hydrogen-bond donors (Lipinski definition) is 0. The molecule has 1 heterocycles. The lowest BCUT2D eigenvalue weighted by Gasteiger charge is -1.89. The Balaban J connectivity index is 2.67. The van der Waals surface area contributed by atoms with Crippen molar-refractivity contribution in [2.45, 2.75) is 4.34 Å². The summed E-state index contributed by atoms with van der Waals surface area (Å²) in [6.07, 6.45) is 0. The lowest BCUT2D eigenvalue weighted by atomic mass is 10.3. The van der Waals surface area contributed by atoms with Crippen molar-refractivity contribution in [2.75, 3.05) is 6.01 Å². The van der Waals surface area contributed by atoms with Gasteiger partial charge in [0.05, 0.1) is 10.2 Å². The van der Waals surface area contributed by atoms with E-state index in [-0.39, 0.29) is 4.34 Å². The van der Waals surface area contributed by atoms with Crippen molar-refractivity contribution in [3.63, 3.8) is 0 Å². The van der Waals surface area contributed by atoms with Gasteiger partial charge in [0.2, 0.25) is 14.2 Å². The van der Waals surface area contributed by atoms with E-state index in [1.54, 1.807) is 24.3 Å². The van der Waals surface area contributed by atoms with Gasteiger partial charge in [0, 0.05) is 0 Å². The lowest BCUT2D eigenvalue weighted by molar-refractivity contribution is 0.534. The second-order valence-corrected chi connectivity index (χ2v) is 5.79. The summed E-state index contributed by atoms with van der Waals surface area (Å²) in [5.74, 6) is 0. The molecule has 1 aromatic heterocycles. The van der Waals surface area contributed by atoms with Gasteiger partial charge in [-0.05, 0) is 12.1 Å². The fraction of sp³-hybridized carbons (Fsp3) is 0.125. The van der Waals surface area contributed by atoms with Gasteiger partial charge >= 0.3 is 0 Å². The van der Waals surface area contributed by atoms with Crippen LogP contribution in [-0.4, -0.2) is 19.4 Å². The molecular weight excluding hydrogens is 225 g/mol. The molecule has 1 aromatic carbocycles. The van der Waals surface area contributed by atoms with Crippen molar-refractivity contribution in [3.8, 4) is 0 Å². The average molecular weight is 231 g/mol. The average Bonchev–Trinajstić information content (AvgIpc) is 2.61. The lowest BCUT2D eigenvalue weighted by Crippen LogP contribution is -2.01. The summed E-state index contributed by atoms with van der Waals surface area (Å²) in [7, 11) is -3.82. The number of aromatic nitrogens is 1. The van der Waals surface area contributed by atoms with Gasteiger partial charge < -0.3 is 0 Å². The van der Waals surface area contributed by atoms with Crippen LogP contribution in [0.1, 0.15) is 0 Å². The maximum atomic E-state index is 12.2. The van der Waals surface area contributed by atoms with Crippen LogP contribution in [0.5, 0.6) is 0 Å². The SMILES string of the molecule is O=S(=O)(CF)c1nc2ccccc2s1. The van der Waals surface area contributed by atoms with E-state index in [0.717, 1.165) is 16.0 Å². The Hall–Kier alpha value is -1.01. The zero-order valence-electron chi connectivity index (χ0n) is 6.97. The normalized spacial score (nSPS) is 12.1. The van der Waals surface area contributed by atoms with Crippen LogP contribution in [0.25, 0.3) is 10.2 Å². The van der Waals surface area contributed by atoms with Crippen LogP contribution >= 0.6 is 11.3 Å². The van der Waals surface area contributed by atoms with Crippen LogP contribution in [0.4, 0.5) is 4.39 Å². The van der Waals surface area contributed by atoms with E-state index >= 15 is 0 Å². The van der Waals surface area contributed by atoms with E-state index in [1.165, 1.54) is 0 Å². The van der Waals surface area contributed by atoms with Crippen molar-refractivity contribution < 1.29 is 12.8 Å². The van der Waals surface area contributed by atoms with E-state index in [1.807, 2.05) is 0 Å². The Bertz CT molecular complexity index is 528. The van der Waals surface area contributed by atoms with Crippen LogP contribution in [0.2, 0.25) is 0 Å². The first-order chi connectivity index (χ1) is 6.63. The molecule has 0 radical (unpaired) electrons. The van der Waals surface area contributed by atoms with Crippen LogP contribution < -0.4 is 0 Å². The minimum atomic E-state index is -3.82. The Morgan fingerprint density at radius 1 is 1.36 bits per heavy atom. The number of rotatable bonds is 2. The molecule has 0 aliphatic carbocycles. The first-order valence-electron chi connectivity index (χ1n) is 3.78. The molecule has 0 atom stereocenters. The van der Waals surface area contributed by atoms with Crippen molar-refractivity contribution in [2.24, 2.45) is 0 Å². The van der Waals surface area contributed by atoms with Crippen LogP contribution in [0.3, 0.4) is 0 Å². The molecule has 2 aromatic rings. The van der Waals surface area contributed by atoms with E-state index in [4.69, 9.17) is 0 Å². The monoisotopic (exact) mass is 231 g/mol. The summed E-state index contributed by atoms with van der Waals surface area (Å²) in [5, 5.41) is 0. The molecule has 0 saturated carbocycles. The fourth-order valence-corrected chi connectivity index (χ4v) is 2.97. The molecule has 14 heavy (non-hydrogen) atoms. The van der Waals surface area contributed by atoms with Crippen LogP contribution in [0, 0.1) is 0 Å². The molecule has 0 aliphatic rings. The van der Waals surface area contributed by atoms with Crippen molar-refractivity contribution in [1.29, 1.82) is 0 Å². The van der Waals surface area contributed by atoms with Crippen molar-refractivity contribution in [3.05, 3.63) is 24.3 Å². The zero-order chi connectivity index (χ0) is 10.2. The number of benzene rings is 1. The Labute approximate surface area is 84.1 Å². The van der Waals surface area contributed by atoms with Gasteiger partial charge in [0.1, 0.15) is 0 Å². The molecule has 0 unspecified atom stereocenters. The van der Waals surface area contributed by atoms with E-state index in [9.17, 15) is 12.8 Å². The molecular formula is C8H6FNO2S2. The Morgan fingerprint density at radius 3 is 2.71 bits per heavy atom. The summed E-state index contributed by atoms with van der Waals surface area (Å²) < 4.78 is 35.0. The molecule has 0 saturated heterocycles. The molecule has 0 amide bonds.